The van der Waals surface area contributed by atoms with Crippen LogP contribution in [-0.2, 0) is 20.8 Å². The lowest BCUT2D eigenvalue weighted by Gasteiger charge is -2.16. The van der Waals surface area contributed by atoms with Crippen LogP contribution < -0.4 is 20.9 Å². The van der Waals surface area contributed by atoms with Gasteiger partial charge >= 0.3 is 0 Å². The Bertz CT molecular complexity index is 5060. The lowest BCUT2D eigenvalue weighted by molar-refractivity contribution is -0.124. The van der Waals surface area contributed by atoms with Crippen molar-refractivity contribution in [3.8, 4) is 28.8 Å². The molecule has 92 heavy (non-hydrogen) atoms. The van der Waals surface area contributed by atoms with Crippen LogP contribution in [-0.4, -0.2) is 83.9 Å². The van der Waals surface area contributed by atoms with E-state index >= 15 is 0 Å². The maximum atomic E-state index is 12.7. The predicted octanol–water partition coefficient (Wildman–Crippen LogP) is 13.2. The van der Waals surface area contributed by atoms with E-state index in [0.29, 0.717) is 74.0 Å². The minimum absolute atomic E-state index is 0.0203. The zero-order valence-electron chi connectivity index (χ0n) is 48.7. The Labute approximate surface area is 523 Å². The number of anilines is 4. The zero-order chi connectivity index (χ0) is 63.5. The smallest absolute Gasteiger partial charge is 0.296 e. The van der Waals surface area contributed by atoms with Crippen LogP contribution in [0.15, 0.2) is 235 Å². The van der Waals surface area contributed by atoms with Crippen molar-refractivity contribution in [1.29, 1.82) is 0 Å². The highest BCUT2D eigenvalue weighted by atomic mass is 16.3. The standard InChI is InChI=1S/C17H14N2O2.C17H11NO2.C16H12N2O2.C16H10N2O2.C8H5NO2/c1-19-13-9-5-3-7-11(13)15(17(19)21)14-10-6-2-4-8-12(10)18-16(14)20;19-16-11-6-2-1-5-10(11)9-13(16)15-17(20)12-7-3-4-8-14(12)18-15;19-15-9-5-1-3-7-11(9)17-13(15)14-16(20)10-6-2-4-8-12(10)18-14;19-15-10-6-2-4-8-12(10)17-14(15)13-9-5-1-3-7-11(9)18-16(13)20;10-7-5-3-1-2-4-6(5)9-8(7)11/h2-9,14-15H,1H3,(H,18,20);1-8,18H,9H2;1-8,17-20H;1-8,18,20H;1-4H,(H,9,10,11)/b;15-13-;;;. The summed E-state index contributed by atoms with van der Waals surface area (Å²) in [6.07, 6.45) is 0.525. The van der Waals surface area contributed by atoms with E-state index in [9.17, 15) is 48.9 Å². The summed E-state index contributed by atoms with van der Waals surface area (Å²) in [7, 11) is 1.76. The molecule has 448 valence electrons. The van der Waals surface area contributed by atoms with Gasteiger partial charge in [0.1, 0.15) is 17.1 Å². The van der Waals surface area contributed by atoms with Crippen molar-refractivity contribution in [2.75, 3.05) is 27.9 Å². The third-order valence-electron chi connectivity index (χ3n) is 17.0. The fourth-order valence-electron chi connectivity index (χ4n) is 12.6. The number of hydrogen-bond donors (Lipinski definition) is 9. The highest BCUT2D eigenvalue weighted by molar-refractivity contribution is 6.56. The molecule has 3 amide bonds. The third kappa shape index (κ3) is 9.80. The van der Waals surface area contributed by atoms with Crippen molar-refractivity contribution in [1.82, 2.24) is 15.0 Å². The number of amides is 3. The van der Waals surface area contributed by atoms with Gasteiger partial charge in [0.25, 0.3) is 11.7 Å². The SMILES string of the molecule is CN1C(=O)C(C2C(=O)Nc3ccccc32)c2ccccc21.O=C1/C(=C2\Nc3ccccc3C2=O)Cc2ccccc21.O=C1C(c2c(O)[nH]c3ccccc23)=Nc2ccccc21.O=C1Nc2ccccc2C1=O.Oc1c(-c2[nH]c3ccccc3c2O)[nH]c2ccccc12. The number of nitrogens with one attached hydrogen (secondary N) is 6. The van der Waals surface area contributed by atoms with Gasteiger partial charge in [-0.3, -0.25) is 33.6 Å². The normalized spacial score (nSPS) is 16.7. The number of aliphatic imine (C=N–C) groups is 1. The topological polar surface area (TPSA) is 279 Å². The van der Waals surface area contributed by atoms with E-state index in [4.69, 9.17) is 0 Å². The number of H-pyrrole nitrogens is 3. The van der Waals surface area contributed by atoms with Gasteiger partial charge in [0.2, 0.25) is 23.4 Å². The van der Waals surface area contributed by atoms with Crippen LogP contribution in [0.25, 0.3) is 44.1 Å². The molecule has 9 aromatic carbocycles. The highest BCUT2D eigenvalue weighted by Gasteiger charge is 2.47. The number of carbonyl (C=O) groups excluding carboxylic acids is 7. The summed E-state index contributed by atoms with van der Waals surface area (Å²) in [5.74, 6) is -1.99. The molecule has 5 aliphatic heterocycles. The number of nitrogens with zero attached hydrogens (tertiary/aromatic N) is 2. The molecule has 18 nitrogen and oxygen atoms in total. The lowest BCUT2D eigenvalue weighted by Crippen LogP contribution is -2.29. The van der Waals surface area contributed by atoms with Crippen LogP contribution in [0.1, 0.15) is 75.5 Å². The number of fused-ring (bicyclic) bond motifs is 9. The second-order valence-electron chi connectivity index (χ2n) is 22.3. The zero-order valence-corrected chi connectivity index (χ0v) is 48.7. The highest BCUT2D eigenvalue weighted by Crippen LogP contribution is 2.49. The number of benzene rings is 9. The molecule has 18 rings (SSSR count). The molecule has 0 radical (unpaired) electrons. The molecule has 18 heteroatoms. The van der Waals surface area contributed by atoms with Gasteiger partial charge in [0.15, 0.2) is 23.2 Å². The summed E-state index contributed by atoms with van der Waals surface area (Å²) in [6.45, 7) is 0. The largest absolute Gasteiger partial charge is 0.505 e. The van der Waals surface area contributed by atoms with E-state index in [0.717, 1.165) is 66.5 Å². The summed E-state index contributed by atoms with van der Waals surface area (Å²) in [5.41, 5.74) is 14.2. The molecule has 0 bridgehead atoms. The summed E-state index contributed by atoms with van der Waals surface area (Å²) in [6, 6.07) is 66.6. The summed E-state index contributed by atoms with van der Waals surface area (Å²) in [5, 5.41) is 41.5. The number of Topliss-reactive ketones (excluding diaryl/α,β-unsaturated/α-hetero) is 4. The molecule has 0 saturated carbocycles. The van der Waals surface area contributed by atoms with Gasteiger partial charge in [-0.25, -0.2) is 4.99 Å². The summed E-state index contributed by atoms with van der Waals surface area (Å²) in [4.78, 5) is 99.3. The quantitative estimate of drug-likeness (QED) is 0.0592. The number of aromatic nitrogens is 3. The van der Waals surface area contributed by atoms with Crippen molar-refractivity contribution < 1.29 is 48.9 Å². The Balaban J connectivity index is 0.000000101. The molecule has 2 unspecified atom stereocenters. The molecule has 8 heterocycles. The maximum Gasteiger partial charge on any atom is 0.296 e. The van der Waals surface area contributed by atoms with E-state index in [2.05, 4.69) is 35.9 Å². The fraction of sp³-hybridized carbons (Fsp3) is 0.0541. The second-order valence-corrected chi connectivity index (χ2v) is 22.3. The van der Waals surface area contributed by atoms with Gasteiger partial charge in [-0.05, 0) is 95.6 Å². The van der Waals surface area contributed by atoms with Crippen LogP contribution in [0.5, 0.6) is 17.4 Å². The molecular formula is C74H52N8O10. The number of aromatic hydroxyl groups is 3. The first kappa shape index (κ1) is 57.1. The van der Waals surface area contributed by atoms with E-state index in [-0.39, 0.29) is 46.5 Å². The maximum absolute atomic E-state index is 12.7. The monoisotopic (exact) mass is 1210 g/mol. The number of hydrogen-bond acceptors (Lipinski definition) is 12. The molecule has 6 aliphatic rings. The first-order valence-corrected chi connectivity index (χ1v) is 29.3. The molecule has 3 aromatic heterocycles. The first-order valence-electron chi connectivity index (χ1n) is 29.3. The van der Waals surface area contributed by atoms with Gasteiger partial charge in [0, 0.05) is 85.5 Å². The number of carbonyl (C=O) groups is 7. The van der Waals surface area contributed by atoms with Crippen LogP contribution in [0, 0.1) is 0 Å². The van der Waals surface area contributed by atoms with E-state index in [1.807, 2.05) is 176 Å². The van der Waals surface area contributed by atoms with E-state index in [1.54, 1.807) is 54.4 Å². The van der Waals surface area contributed by atoms with Crippen LogP contribution in [0.4, 0.5) is 28.4 Å². The molecule has 0 saturated heterocycles. The molecule has 12 aromatic rings. The Morgan fingerprint density at radius 1 is 0.435 bits per heavy atom. The number of ketones is 4. The van der Waals surface area contributed by atoms with Crippen molar-refractivity contribution in [2.24, 2.45) is 4.99 Å². The number of likely N-dealkylation sites (N-methyl/N-ethyl adjacent to an activating group) is 1. The minimum atomic E-state index is -0.536. The Morgan fingerprint density at radius 3 is 1.54 bits per heavy atom. The fourth-order valence-corrected chi connectivity index (χ4v) is 12.6. The van der Waals surface area contributed by atoms with Gasteiger partial charge in [-0.2, -0.15) is 0 Å². The first-order chi connectivity index (χ1) is 44.7. The average Bonchev–Trinajstić information content (AvgIpc) is 1.64. The van der Waals surface area contributed by atoms with Gasteiger partial charge in [-0.15, -0.1) is 0 Å². The predicted molar refractivity (Wildman–Crippen MR) is 352 cm³/mol. The molecule has 0 spiro atoms. The van der Waals surface area contributed by atoms with Gasteiger partial charge in [0.05, 0.1) is 40.0 Å². The van der Waals surface area contributed by atoms with Crippen LogP contribution in [0.3, 0.4) is 0 Å². The van der Waals surface area contributed by atoms with Crippen molar-refractivity contribution >= 4 is 108 Å². The molecule has 2 atom stereocenters. The van der Waals surface area contributed by atoms with Gasteiger partial charge < -0.3 is 51.1 Å². The number of rotatable bonds is 3. The van der Waals surface area contributed by atoms with Crippen molar-refractivity contribution in [2.45, 2.75) is 18.3 Å². The van der Waals surface area contributed by atoms with Gasteiger partial charge in [-0.1, -0.05) is 140 Å². The van der Waals surface area contributed by atoms with Crippen molar-refractivity contribution in [3.05, 3.63) is 274 Å². The summed E-state index contributed by atoms with van der Waals surface area (Å²) >= 11 is 0. The number of aromatic amines is 3. The molecule has 1 aliphatic carbocycles. The third-order valence-corrected chi connectivity index (χ3v) is 17.0. The van der Waals surface area contributed by atoms with E-state index < -0.39 is 23.5 Å². The van der Waals surface area contributed by atoms with Crippen LogP contribution in [0.2, 0.25) is 0 Å². The number of allylic oxidation sites excluding steroid dienone is 2. The second kappa shape index (κ2) is 23.1. The summed E-state index contributed by atoms with van der Waals surface area (Å²) < 4.78 is 0. The lowest BCUT2D eigenvalue weighted by atomic mass is 9.83. The van der Waals surface area contributed by atoms with E-state index in [1.165, 1.54) is 0 Å². The average molecular weight is 1210 g/mol. The van der Waals surface area contributed by atoms with Crippen molar-refractivity contribution in [3.63, 3.8) is 0 Å². The Morgan fingerprint density at radius 2 is 0.935 bits per heavy atom. The Hall–Kier alpha value is -12.7. The van der Waals surface area contributed by atoms with Crippen LogP contribution >= 0.6 is 0 Å². The minimum Gasteiger partial charge on any atom is -0.505 e. The molecule has 9 N–H and O–H groups in total. The molecular weight excluding hydrogens is 1160 g/mol. The number of para-hydroxylation sites is 8. The molecule has 0 fully saturated rings. The Kier molecular flexibility index (Phi) is 14.3.